The first-order valence-corrected chi connectivity index (χ1v) is 10.9. The zero-order valence-corrected chi connectivity index (χ0v) is 19.4. The number of aliphatic hydroxyl groups is 1. The third-order valence-electron chi connectivity index (χ3n) is 5.06. The van der Waals surface area contributed by atoms with E-state index in [2.05, 4.69) is 17.2 Å². The number of hydrogen-bond acceptors (Lipinski definition) is 8. The van der Waals surface area contributed by atoms with Crippen LogP contribution in [0.2, 0.25) is 0 Å². The van der Waals surface area contributed by atoms with Crippen LogP contribution < -0.4 is 16.8 Å². The van der Waals surface area contributed by atoms with E-state index in [0.29, 0.717) is 6.42 Å². The van der Waals surface area contributed by atoms with Crippen LogP contribution in [-0.4, -0.2) is 78.1 Å². The Morgan fingerprint density at radius 3 is 2.45 bits per heavy atom. The highest BCUT2D eigenvalue weighted by atomic mass is 16.6. The number of carbonyl (C=O) groups excluding carboxylic acids is 2. The van der Waals surface area contributed by atoms with Crippen molar-refractivity contribution >= 4 is 23.8 Å². The van der Waals surface area contributed by atoms with Crippen LogP contribution in [0.4, 0.5) is 0 Å². The summed E-state index contributed by atoms with van der Waals surface area (Å²) >= 11 is 0. The van der Waals surface area contributed by atoms with Gasteiger partial charge in [0, 0.05) is 20.5 Å². The lowest BCUT2D eigenvalue weighted by Gasteiger charge is -2.40. The molecule has 0 spiro atoms. The molecule has 0 aliphatic carbocycles. The second kappa shape index (κ2) is 14.3. The molecule has 7 N–H and O–H groups in total. The summed E-state index contributed by atoms with van der Waals surface area (Å²) in [7, 11) is 1.27. The highest BCUT2D eigenvalue weighted by Crippen LogP contribution is 2.26. The van der Waals surface area contributed by atoms with E-state index < -0.39 is 60.6 Å². The van der Waals surface area contributed by atoms with E-state index in [1.807, 2.05) is 0 Å². The van der Waals surface area contributed by atoms with Gasteiger partial charge in [-0.1, -0.05) is 32.6 Å². The largest absolute Gasteiger partial charge is 0.478 e. The van der Waals surface area contributed by atoms with E-state index in [4.69, 9.17) is 25.7 Å². The average Bonchev–Trinajstić information content (AvgIpc) is 2.73. The van der Waals surface area contributed by atoms with Crippen molar-refractivity contribution in [1.82, 2.24) is 5.32 Å². The lowest BCUT2D eigenvalue weighted by molar-refractivity contribution is -0.159. The summed E-state index contributed by atoms with van der Waals surface area (Å²) in [6, 6.07) is -1.97. The van der Waals surface area contributed by atoms with Gasteiger partial charge >= 0.3 is 11.9 Å². The zero-order chi connectivity index (χ0) is 25.0. The second-order valence-electron chi connectivity index (χ2n) is 7.80. The van der Waals surface area contributed by atoms with E-state index in [1.165, 1.54) is 14.0 Å². The van der Waals surface area contributed by atoms with E-state index in [-0.39, 0.29) is 12.4 Å². The molecule has 33 heavy (non-hydrogen) atoms. The standard InChI is InChI=1S/C21H36N4O8/c1-4-5-6-7-8-9-16(28)32-11-14(27)18(31-3)19-17(24-12(2)26)13(25-21(22)23)10-15(33-19)20(29)30/h10,13-14,17-19,27H,4-9,11H2,1-3H3,(H,24,26)(H,29,30)(H4,22,23,25)/t13-,14+,17+,18-,19+/m0/s1. The molecule has 0 bridgehead atoms. The number of nitrogens with one attached hydrogen (secondary N) is 1. The van der Waals surface area contributed by atoms with Crippen molar-refractivity contribution in [3.8, 4) is 0 Å². The maximum absolute atomic E-state index is 12.0. The Kier molecular flexibility index (Phi) is 12.2. The highest BCUT2D eigenvalue weighted by molar-refractivity contribution is 5.85. The van der Waals surface area contributed by atoms with Gasteiger partial charge in [0.15, 0.2) is 12.1 Å². The predicted molar refractivity (Wildman–Crippen MR) is 119 cm³/mol. The molecule has 0 aromatic heterocycles. The topological polar surface area (TPSA) is 196 Å². The van der Waals surface area contributed by atoms with Gasteiger partial charge in [0.05, 0.1) is 12.1 Å². The van der Waals surface area contributed by atoms with Gasteiger partial charge in [0.1, 0.15) is 18.8 Å². The molecule has 5 atom stereocenters. The molecule has 1 aliphatic heterocycles. The van der Waals surface area contributed by atoms with E-state index in [0.717, 1.165) is 31.8 Å². The minimum absolute atomic E-state index is 0.223. The third-order valence-corrected chi connectivity index (χ3v) is 5.06. The number of esters is 1. The first kappa shape index (κ1) is 28.2. The van der Waals surface area contributed by atoms with Gasteiger partial charge in [-0.25, -0.2) is 9.79 Å². The number of aliphatic hydroxyl groups excluding tert-OH is 1. The summed E-state index contributed by atoms with van der Waals surface area (Å²) < 4.78 is 16.0. The molecule has 1 heterocycles. The van der Waals surface area contributed by atoms with Crippen molar-refractivity contribution in [2.75, 3.05) is 13.7 Å². The van der Waals surface area contributed by atoms with E-state index in [1.54, 1.807) is 0 Å². The fourth-order valence-electron chi connectivity index (χ4n) is 3.53. The lowest BCUT2D eigenvalue weighted by Crippen LogP contribution is -2.60. The Morgan fingerprint density at radius 2 is 1.91 bits per heavy atom. The quantitative estimate of drug-likeness (QED) is 0.0975. The van der Waals surface area contributed by atoms with Crippen LogP contribution >= 0.6 is 0 Å². The Bertz CT molecular complexity index is 723. The van der Waals surface area contributed by atoms with Crippen LogP contribution in [0.5, 0.6) is 0 Å². The number of nitrogens with two attached hydrogens (primary N) is 2. The van der Waals surface area contributed by atoms with Crippen molar-refractivity contribution in [2.45, 2.75) is 82.8 Å². The minimum atomic E-state index is -1.39. The van der Waals surface area contributed by atoms with Gasteiger partial charge in [-0.15, -0.1) is 0 Å². The highest BCUT2D eigenvalue weighted by Gasteiger charge is 2.45. The number of hydrogen-bond donors (Lipinski definition) is 5. The number of amides is 1. The molecular formula is C21H36N4O8. The molecule has 12 heteroatoms. The number of aliphatic carboxylic acids is 1. The summed E-state index contributed by atoms with van der Waals surface area (Å²) in [4.78, 5) is 39.3. The second-order valence-corrected chi connectivity index (χ2v) is 7.80. The van der Waals surface area contributed by atoms with Crippen molar-refractivity contribution in [3.63, 3.8) is 0 Å². The number of carboxylic acid groups (broad SMARTS) is 1. The number of unbranched alkanes of at least 4 members (excludes halogenated alkanes) is 4. The Morgan fingerprint density at radius 1 is 1.24 bits per heavy atom. The molecule has 0 aromatic carbocycles. The summed E-state index contributed by atoms with van der Waals surface area (Å²) in [6.45, 7) is 2.95. The number of ether oxygens (including phenoxy) is 3. The fraction of sp³-hybridized carbons (Fsp3) is 0.714. The van der Waals surface area contributed by atoms with E-state index in [9.17, 15) is 24.6 Å². The summed E-state index contributed by atoms with van der Waals surface area (Å²) in [5.74, 6) is -3.13. The van der Waals surface area contributed by atoms with Gasteiger partial charge in [0.25, 0.3) is 0 Å². The monoisotopic (exact) mass is 472 g/mol. The normalized spacial score (nSPS) is 21.7. The average molecular weight is 473 g/mol. The van der Waals surface area contributed by atoms with Gasteiger partial charge in [-0.05, 0) is 12.5 Å². The Labute approximate surface area is 193 Å². The lowest BCUT2D eigenvalue weighted by atomic mass is 9.92. The summed E-state index contributed by atoms with van der Waals surface area (Å²) in [5, 5.41) is 22.7. The Balaban J connectivity index is 2.94. The number of methoxy groups -OCH3 is 1. The molecule has 1 aliphatic rings. The molecule has 1 amide bonds. The number of nitrogens with zero attached hydrogens (tertiary/aromatic N) is 1. The van der Waals surface area contributed by atoms with Gasteiger partial charge < -0.3 is 41.2 Å². The maximum Gasteiger partial charge on any atom is 0.370 e. The van der Waals surface area contributed by atoms with E-state index >= 15 is 0 Å². The molecule has 0 fully saturated rings. The first-order chi connectivity index (χ1) is 15.6. The van der Waals surface area contributed by atoms with Gasteiger partial charge in [-0.2, -0.15) is 0 Å². The van der Waals surface area contributed by atoms with Crippen molar-refractivity contribution in [1.29, 1.82) is 0 Å². The molecule has 12 nitrogen and oxygen atoms in total. The molecule has 0 radical (unpaired) electrons. The number of carboxylic acids is 1. The third kappa shape index (κ3) is 9.66. The molecular weight excluding hydrogens is 436 g/mol. The number of guanidine groups is 1. The van der Waals surface area contributed by atoms with Crippen LogP contribution in [-0.2, 0) is 28.6 Å². The van der Waals surface area contributed by atoms with Crippen LogP contribution in [0, 0.1) is 0 Å². The van der Waals surface area contributed by atoms with Crippen LogP contribution in [0.15, 0.2) is 16.8 Å². The maximum atomic E-state index is 12.0. The first-order valence-electron chi connectivity index (χ1n) is 10.9. The molecule has 0 saturated carbocycles. The zero-order valence-electron chi connectivity index (χ0n) is 19.4. The smallest absolute Gasteiger partial charge is 0.370 e. The van der Waals surface area contributed by atoms with Gasteiger partial charge in [0.2, 0.25) is 11.7 Å². The number of carbonyl (C=O) groups is 3. The minimum Gasteiger partial charge on any atom is -0.478 e. The number of aliphatic imine (C=N–C) groups is 1. The predicted octanol–water partition coefficient (Wildman–Crippen LogP) is -0.220. The van der Waals surface area contributed by atoms with Crippen LogP contribution in [0.3, 0.4) is 0 Å². The molecule has 0 saturated heterocycles. The van der Waals surface area contributed by atoms with Crippen molar-refractivity contribution in [2.24, 2.45) is 16.5 Å². The molecule has 188 valence electrons. The SMILES string of the molecule is CCCCCCCC(=O)OC[C@@H](O)[C@H](OC)[C@@H]1OC(C(=O)O)=C[C@H](N=C(N)N)[C@H]1NC(C)=O. The van der Waals surface area contributed by atoms with Crippen LogP contribution in [0.25, 0.3) is 0 Å². The molecule has 0 unspecified atom stereocenters. The fourth-order valence-corrected chi connectivity index (χ4v) is 3.53. The summed E-state index contributed by atoms with van der Waals surface area (Å²) in [5.41, 5.74) is 10.9. The van der Waals surface area contributed by atoms with Crippen molar-refractivity contribution in [3.05, 3.63) is 11.8 Å². The van der Waals surface area contributed by atoms with Gasteiger partial charge in [-0.3, -0.25) is 9.59 Å². The molecule has 1 rings (SSSR count). The Hall–Kier alpha value is -2.86. The molecule has 0 aromatic rings. The summed E-state index contributed by atoms with van der Waals surface area (Å²) in [6.07, 6.45) is 2.45. The van der Waals surface area contributed by atoms with Crippen LogP contribution in [0.1, 0.15) is 52.4 Å². The van der Waals surface area contributed by atoms with Crippen molar-refractivity contribution < 1.29 is 38.8 Å². The number of rotatable bonds is 14.